The maximum atomic E-state index is 4.37. The predicted octanol–water partition coefficient (Wildman–Crippen LogP) is 2.90. The average molecular weight is 259 g/mol. The molecule has 0 radical (unpaired) electrons. The lowest BCUT2D eigenvalue weighted by atomic mass is 10.0. The van der Waals surface area contributed by atoms with Gasteiger partial charge in [-0.3, -0.25) is 0 Å². The third-order valence-electron chi connectivity index (χ3n) is 3.00. The van der Waals surface area contributed by atoms with E-state index in [2.05, 4.69) is 41.2 Å². The minimum absolute atomic E-state index is 0.411. The molecule has 2 aromatic heterocycles. The van der Waals surface area contributed by atoms with Crippen LogP contribution >= 0.6 is 0 Å². The Balaban J connectivity index is 2.08. The molecule has 0 saturated heterocycles. The minimum Gasteiger partial charge on any atom is -0.380 e. The maximum absolute atomic E-state index is 4.37. The van der Waals surface area contributed by atoms with Crippen LogP contribution in [0.2, 0.25) is 0 Å². The van der Waals surface area contributed by atoms with Gasteiger partial charge in [-0.2, -0.15) is 5.10 Å². The Labute approximate surface area is 114 Å². The van der Waals surface area contributed by atoms with Gasteiger partial charge in [-0.15, -0.1) is 0 Å². The van der Waals surface area contributed by atoms with Crippen LogP contribution in [0.15, 0.2) is 31.0 Å². The fourth-order valence-corrected chi connectivity index (χ4v) is 1.93. The lowest BCUT2D eigenvalue weighted by Crippen LogP contribution is -2.17. The van der Waals surface area contributed by atoms with Crippen molar-refractivity contribution in [3.8, 4) is 5.82 Å². The molecule has 2 rings (SSSR count). The van der Waals surface area contributed by atoms with Gasteiger partial charge in [-0.25, -0.2) is 14.6 Å². The van der Waals surface area contributed by atoms with Gasteiger partial charge < -0.3 is 5.32 Å². The number of nitrogens with one attached hydrogen (secondary N) is 1. The van der Waals surface area contributed by atoms with Gasteiger partial charge in [0.1, 0.15) is 12.7 Å². The summed E-state index contributed by atoms with van der Waals surface area (Å²) in [6.45, 7) is 6.69. The summed E-state index contributed by atoms with van der Waals surface area (Å²) in [4.78, 5) is 8.33. The van der Waals surface area contributed by atoms with Crippen molar-refractivity contribution < 1.29 is 0 Å². The molecule has 0 bridgehead atoms. The zero-order valence-electron chi connectivity index (χ0n) is 11.7. The number of rotatable bonds is 6. The Morgan fingerprint density at radius 3 is 2.79 bits per heavy atom. The molecular weight excluding hydrogens is 238 g/mol. The molecule has 19 heavy (non-hydrogen) atoms. The lowest BCUT2D eigenvalue weighted by molar-refractivity contribution is 0.527. The molecule has 1 unspecified atom stereocenters. The van der Waals surface area contributed by atoms with Gasteiger partial charge in [0.2, 0.25) is 0 Å². The van der Waals surface area contributed by atoms with Crippen molar-refractivity contribution in [1.82, 2.24) is 19.7 Å². The van der Waals surface area contributed by atoms with Crippen LogP contribution in [0.4, 0.5) is 5.69 Å². The summed E-state index contributed by atoms with van der Waals surface area (Å²) in [5.74, 6) is 1.52. The van der Waals surface area contributed by atoms with Crippen molar-refractivity contribution in [2.24, 2.45) is 5.92 Å². The summed E-state index contributed by atoms with van der Waals surface area (Å²) in [5, 5.41) is 7.63. The lowest BCUT2D eigenvalue weighted by Gasteiger charge is -2.18. The largest absolute Gasteiger partial charge is 0.380 e. The zero-order valence-corrected chi connectivity index (χ0v) is 11.7. The normalized spacial score (nSPS) is 12.6. The Morgan fingerprint density at radius 1 is 1.26 bits per heavy atom. The van der Waals surface area contributed by atoms with E-state index in [0.717, 1.165) is 23.8 Å². The molecule has 0 aromatic carbocycles. The monoisotopic (exact) mass is 259 g/mol. The van der Waals surface area contributed by atoms with Gasteiger partial charge in [-0.05, 0) is 37.8 Å². The van der Waals surface area contributed by atoms with Gasteiger partial charge in [0, 0.05) is 12.2 Å². The number of hydrogen-bond donors (Lipinski definition) is 1. The Hall–Kier alpha value is -1.91. The molecule has 2 heterocycles. The van der Waals surface area contributed by atoms with E-state index in [1.165, 1.54) is 12.7 Å². The van der Waals surface area contributed by atoms with Crippen LogP contribution in [-0.2, 0) is 0 Å². The highest BCUT2D eigenvalue weighted by Gasteiger charge is 2.09. The summed E-state index contributed by atoms with van der Waals surface area (Å²) in [5.41, 5.74) is 0.990. The highest BCUT2D eigenvalue weighted by Crippen LogP contribution is 2.18. The fourth-order valence-electron chi connectivity index (χ4n) is 1.93. The molecule has 1 N–H and O–H groups in total. The summed E-state index contributed by atoms with van der Waals surface area (Å²) in [6, 6.07) is 4.36. The Morgan fingerprint density at radius 2 is 2.11 bits per heavy atom. The smallest absolute Gasteiger partial charge is 0.178 e. The van der Waals surface area contributed by atoms with E-state index in [1.54, 1.807) is 17.2 Å². The third-order valence-corrected chi connectivity index (χ3v) is 3.00. The van der Waals surface area contributed by atoms with Crippen LogP contribution in [0, 0.1) is 5.92 Å². The first-order valence-electron chi connectivity index (χ1n) is 6.73. The molecule has 0 spiro atoms. The van der Waals surface area contributed by atoms with Gasteiger partial charge in [0.25, 0.3) is 0 Å². The number of pyridine rings is 1. The van der Waals surface area contributed by atoms with Crippen molar-refractivity contribution in [3.63, 3.8) is 0 Å². The predicted molar refractivity (Wildman–Crippen MR) is 76.3 cm³/mol. The zero-order chi connectivity index (χ0) is 13.7. The molecule has 0 saturated carbocycles. The quantitative estimate of drug-likeness (QED) is 0.866. The maximum Gasteiger partial charge on any atom is 0.178 e. The first-order valence-corrected chi connectivity index (χ1v) is 6.73. The van der Waals surface area contributed by atoms with Crippen molar-refractivity contribution in [3.05, 3.63) is 31.0 Å². The van der Waals surface area contributed by atoms with Crippen LogP contribution in [-0.4, -0.2) is 25.8 Å². The topological polar surface area (TPSA) is 55.6 Å². The molecule has 0 aliphatic heterocycles. The number of hydrogen-bond acceptors (Lipinski definition) is 4. The van der Waals surface area contributed by atoms with Gasteiger partial charge in [0.15, 0.2) is 5.82 Å². The van der Waals surface area contributed by atoms with E-state index in [0.29, 0.717) is 6.04 Å². The molecule has 0 aliphatic carbocycles. The first kappa shape index (κ1) is 13.5. The molecule has 0 fully saturated rings. The molecule has 5 heteroatoms. The first-order chi connectivity index (χ1) is 9.16. The van der Waals surface area contributed by atoms with E-state index in [1.807, 2.05) is 12.1 Å². The van der Waals surface area contributed by atoms with Gasteiger partial charge in [0.05, 0.1) is 5.69 Å². The Bertz CT molecular complexity index is 492. The Kier molecular flexibility index (Phi) is 4.49. The summed E-state index contributed by atoms with van der Waals surface area (Å²) in [7, 11) is 0. The molecule has 2 aromatic rings. The average Bonchev–Trinajstić information content (AvgIpc) is 2.91. The van der Waals surface area contributed by atoms with Crippen LogP contribution in [0.3, 0.4) is 0 Å². The van der Waals surface area contributed by atoms with Gasteiger partial charge in [-0.1, -0.05) is 13.8 Å². The van der Waals surface area contributed by atoms with Crippen LogP contribution < -0.4 is 5.32 Å². The van der Waals surface area contributed by atoms with Crippen LogP contribution in [0.1, 0.15) is 33.6 Å². The molecule has 102 valence electrons. The van der Waals surface area contributed by atoms with E-state index >= 15 is 0 Å². The summed E-state index contributed by atoms with van der Waals surface area (Å²) < 4.78 is 1.68. The van der Waals surface area contributed by atoms with Crippen LogP contribution in [0.25, 0.3) is 5.82 Å². The molecular formula is C14H21N5. The number of anilines is 1. The van der Waals surface area contributed by atoms with E-state index < -0.39 is 0 Å². The second-order valence-electron chi connectivity index (χ2n) is 5.23. The fraction of sp³-hybridized carbons (Fsp3) is 0.500. The highest BCUT2D eigenvalue weighted by atomic mass is 15.3. The number of aromatic nitrogens is 4. The minimum atomic E-state index is 0.411. The van der Waals surface area contributed by atoms with Gasteiger partial charge >= 0.3 is 0 Å². The van der Waals surface area contributed by atoms with E-state index in [4.69, 9.17) is 0 Å². The van der Waals surface area contributed by atoms with E-state index in [9.17, 15) is 0 Å². The second-order valence-corrected chi connectivity index (χ2v) is 5.23. The molecule has 0 amide bonds. The third kappa shape index (κ3) is 3.77. The summed E-state index contributed by atoms with van der Waals surface area (Å²) in [6.07, 6.45) is 7.30. The van der Waals surface area contributed by atoms with Crippen LogP contribution in [0.5, 0.6) is 0 Å². The molecule has 1 atom stereocenters. The molecule has 5 nitrogen and oxygen atoms in total. The van der Waals surface area contributed by atoms with Crippen molar-refractivity contribution in [2.45, 2.75) is 39.7 Å². The molecule has 0 aliphatic rings. The standard InChI is InChI=1S/C14H21N5/c1-11(2)6-7-12(3)18-13-5-4-8-16-14(13)19-10-15-9-17-19/h4-5,8-12,18H,6-7H2,1-3H3. The van der Waals surface area contributed by atoms with Crippen molar-refractivity contribution >= 4 is 5.69 Å². The SMILES string of the molecule is CC(C)CCC(C)Nc1cccnc1-n1cncn1. The van der Waals surface area contributed by atoms with Crippen molar-refractivity contribution in [2.75, 3.05) is 5.32 Å². The highest BCUT2D eigenvalue weighted by molar-refractivity contribution is 5.56. The second kappa shape index (κ2) is 6.31. The number of nitrogens with zero attached hydrogens (tertiary/aromatic N) is 4. The summed E-state index contributed by atoms with van der Waals surface area (Å²) >= 11 is 0. The van der Waals surface area contributed by atoms with Crippen molar-refractivity contribution in [1.29, 1.82) is 0 Å². The van der Waals surface area contributed by atoms with E-state index in [-0.39, 0.29) is 0 Å².